The van der Waals surface area contributed by atoms with Gasteiger partial charge in [0.15, 0.2) is 0 Å². The van der Waals surface area contributed by atoms with Crippen molar-refractivity contribution >= 4 is 11.3 Å². The van der Waals surface area contributed by atoms with Crippen molar-refractivity contribution in [1.29, 1.82) is 0 Å². The molecule has 1 saturated heterocycles. The summed E-state index contributed by atoms with van der Waals surface area (Å²) in [5, 5.41) is 4.38. The van der Waals surface area contributed by atoms with Crippen LogP contribution in [0.15, 0.2) is 10.8 Å². The van der Waals surface area contributed by atoms with Gasteiger partial charge < -0.3 is 10.5 Å². The van der Waals surface area contributed by atoms with E-state index in [-0.39, 0.29) is 6.04 Å². The lowest BCUT2D eigenvalue weighted by molar-refractivity contribution is 0.0341. The molecule has 1 atom stereocenters. The van der Waals surface area contributed by atoms with Gasteiger partial charge in [-0.1, -0.05) is 0 Å². The van der Waals surface area contributed by atoms with Crippen molar-refractivity contribution in [3.8, 4) is 0 Å². The molecule has 1 aliphatic heterocycles. The first-order valence-electron chi connectivity index (χ1n) is 5.38. The van der Waals surface area contributed by atoms with E-state index >= 15 is 0 Å². The lowest BCUT2D eigenvalue weighted by Gasteiger charge is -2.26. The highest BCUT2D eigenvalue weighted by Gasteiger charge is 2.14. The Morgan fingerprint density at radius 3 is 2.87 bits per heavy atom. The predicted molar refractivity (Wildman–Crippen MR) is 63.0 cm³/mol. The van der Waals surface area contributed by atoms with Crippen LogP contribution in [0.25, 0.3) is 0 Å². The standard InChI is InChI=1S/C11H18N2OS/c1-9(12)11-8-15-7-10(11)6-13-2-4-14-5-3-13/h7-9H,2-6,12H2,1H3. The lowest BCUT2D eigenvalue weighted by atomic mass is 10.1. The highest BCUT2D eigenvalue weighted by atomic mass is 32.1. The molecule has 0 aromatic carbocycles. The normalized spacial score (nSPS) is 20.4. The zero-order valence-electron chi connectivity index (χ0n) is 9.11. The molecule has 2 rings (SSSR count). The van der Waals surface area contributed by atoms with E-state index < -0.39 is 0 Å². The van der Waals surface area contributed by atoms with Crippen LogP contribution in [0.3, 0.4) is 0 Å². The molecular formula is C11H18N2OS. The molecular weight excluding hydrogens is 208 g/mol. The van der Waals surface area contributed by atoms with Gasteiger partial charge in [-0.05, 0) is 28.8 Å². The minimum atomic E-state index is 0.146. The first-order valence-corrected chi connectivity index (χ1v) is 6.32. The maximum Gasteiger partial charge on any atom is 0.0594 e. The fourth-order valence-electron chi connectivity index (χ4n) is 1.86. The van der Waals surface area contributed by atoms with E-state index in [0.29, 0.717) is 0 Å². The molecule has 1 aliphatic rings. The Labute approximate surface area is 94.8 Å². The average Bonchev–Trinajstić information content (AvgIpc) is 2.67. The number of ether oxygens (including phenoxy) is 1. The molecule has 1 fully saturated rings. The Morgan fingerprint density at radius 1 is 1.47 bits per heavy atom. The Balaban J connectivity index is 1.99. The van der Waals surface area contributed by atoms with Gasteiger partial charge in [0.2, 0.25) is 0 Å². The van der Waals surface area contributed by atoms with Crippen molar-refractivity contribution in [2.75, 3.05) is 26.3 Å². The predicted octanol–water partition coefficient (Wildman–Crippen LogP) is 1.60. The van der Waals surface area contributed by atoms with E-state index in [1.54, 1.807) is 11.3 Å². The number of nitrogens with two attached hydrogens (primary N) is 1. The molecule has 1 aromatic heterocycles. The third kappa shape index (κ3) is 2.78. The summed E-state index contributed by atoms with van der Waals surface area (Å²) in [6.07, 6.45) is 0. The molecule has 4 heteroatoms. The van der Waals surface area contributed by atoms with Gasteiger partial charge in [0.1, 0.15) is 0 Å². The summed E-state index contributed by atoms with van der Waals surface area (Å²) in [6.45, 7) is 6.85. The van der Waals surface area contributed by atoms with Crippen molar-refractivity contribution in [3.05, 3.63) is 21.9 Å². The molecule has 15 heavy (non-hydrogen) atoms. The van der Waals surface area contributed by atoms with Crippen molar-refractivity contribution in [2.24, 2.45) is 5.73 Å². The van der Waals surface area contributed by atoms with Gasteiger partial charge >= 0.3 is 0 Å². The zero-order chi connectivity index (χ0) is 10.7. The molecule has 2 heterocycles. The summed E-state index contributed by atoms with van der Waals surface area (Å²) in [7, 11) is 0. The number of rotatable bonds is 3. The van der Waals surface area contributed by atoms with E-state index in [4.69, 9.17) is 10.5 Å². The van der Waals surface area contributed by atoms with Crippen molar-refractivity contribution in [1.82, 2.24) is 4.90 Å². The summed E-state index contributed by atoms with van der Waals surface area (Å²) < 4.78 is 5.33. The maximum atomic E-state index is 5.93. The van der Waals surface area contributed by atoms with E-state index in [9.17, 15) is 0 Å². The van der Waals surface area contributed by atoms with Crippen LogP contribution < -0.4 is 5.73 Å². The van der Waals surface area contributed by atoms with Crippen LogP contribution in [0.1, 0.15) is 24.1 Å². The topological polar surface area (TPSA) is 38.5 Å². The summed E-state index contributed by atoms with van der Waals surface area (Å²) in [6, 6.07) is 0.146. The summed E-state index contributed by atoms with van der Waals surface area (Å²) >= 11 is 1.75. The van der Waals surface area contributed by atoms with Gasteiger partial charge in [-0.25, -0.2) is 0 Å². The minimum Gasteiger partial charge on any atom is -0.379 e. The Morgan fingerprint density at radius 2 is 2.20 bits per heavy atom. The first-order chi connectivity index (χ1) is 7.27. The molecule has 3 nitrogen and oxygen atoms in total. The van der Waals surface area contributed by atoms with Crippen LogP contribution in [0.5, 0.6) is 0 Å². The number of thiophene rings is 1. The summed E-state index contributed by atoms with van der Waals surface area (Å²) in [4.78, 5) is 2.43. The summed E-state index contributed by atoms with van der Waals surface area (Å²) in [5.41, 5.74) is 8.61. The fourth-order valence-corrected chi connectivity index (χ4v) is 2.82. The van der Waals surface area contributed by atoms with E-state index in [2.05, 4.69) is 15.7 Å². The van der Waals surface area contributed by atoms with Crippen molar-refractivity contribution in [3.63, 3.8) is 0 Å². The minimum absolute atomic E-state index is 0.146. The highest BCUT2D eigenvalue weighted by molar-refractivity contribution is 7.08. The third-order valence-corrected chi connectivity index (χ3v) is 3.57. The molecule has 0 radical (unpaired) electrons. The fraction of sp³-hybridized carbons (Fsp3) is 0.636. The van der Waals surface area contributed by atoms with Crippen LogP contribution in [0.4, 0.5) is 0 Å². The van der Waals surface area contributed by atoms with Crippen LogP contribution in [0, 0.1) is 0 Å². The van der Waals surface area contributed by atoms with Crippen LogP contribution in [-0.4, -0.2) is 31.2 Å². The number of morpholine rings is 1. The smallest absolute Gasteiger partial charge is 0.0594 e. The molecule has 0 saturated carbocycles. The summed E-state index contributed by atoms with van der Waals surface area (Å²) in [5.74, 6) is 0. The molecule has 0 bridgehead atoms. The van der Waals surface area contributed by atoms with Gasteiger partial charge in [0, 0.05) is 25.7 Å². The van der Waals surface area contributed by atoms with Gasteiger partial charge in [-0.15, -0.1) is 0 Å². The van der Waals surface area contributed by atoms with Crippen molar-refractivity contribution < 1.29 is 4.74 Å². The van der Waals surface area contributed by atoms with Gasteiger partial charge in [0.25, 0.3) is 0 Å². The number of hydrogen-bond acceptors (Lipinski definition) is 4. The Kier molecular flexibility index (Phi) is 3.75. The van der Waals surface area contributed by atoms with E-state index in [0.717, 1.165) is 32.8 Å². The Bertz CT molecular complexity index is 305. The number of nitrogens with zero attached hydrogens (tertiary/aromatic N) is 1. The second kappa shape index (κ2) is 5.07. The lowest BCUT2D eigenvalue weighted by Crippen LogP contribution is -2.35. The van der Waals surface area contributed by atoms with Crippen LogP contribution >= 0.6 is 11.3 Å². The molecule has 84 valence electrons. The SMILES string of the molecule is CC(N)c1cscc1CN1CCOCC1. The van der Waals surface area contributed by atoms with Crippen LogP contribution in [-0.2, 0) is 11.3 Å². The molecule has 0 spiro atoms. The van der Waals surface area contributed by atoms with Crippen LogP contribution in [0.2, 0.25) is 0 Å². The average molecular weight is 226 g/mol. The molecule has 1 aromatic rings. The second-order valence-electron chi connectivity index (χ2n) is 4.03. The van der Waals surface area contributed by atoms with Gasteiger partial charge in [-0.2, -0.15) is 11.3 Å². The molecule has 0 aliphatic carbocycles. The van der Waals surface area contributed by atoms with Gasteiger partial charge in [0.05, 0.1) is 13.2 Å². The largest absolute Gasteiger partial charge is 0.379 e. The van der Waals surface area contributed by atoms with E-state index in [1.807, 2.05) is 6.92 Å². The monoisotopic (exact) mass is 226 g/mol. The van der Waals surface area contributed by atoms with E-state index in [1.165, 1.54) is 11.1 Å². The molecule has 0 amide bonds. The Hall–Kier alpha value is -0.420. The first kappa shape index (κ1) is 11.1. The molecule has 1 unspecified atom stereocenters. The van der Waals surface area contributed by atoms with Crippen molar-refractivity contribution in [2.45, 2.75) is 19.5 Å². The maximum absolute atomic E-state index is 5.93. The zero-order valence-corrected chi connectivity index (χ0v) is 9.93. The number of hydrogen-bond donors (Lipinski definition) is 1. The molecule has 2 N–H and O–H groups in total. The third-order valence-electron chi connectivity index (χ3n) is 2.76. The quantitative estimate of drug-likeness (QED) is 0.851. The van der Waals surface area contributed by atoms with Gasteiger partial charge in [-0.3, -0.25) is 4.90 Å². The second-order valence-corrected chi connectivity index (χ2v) is 4.77. The highest BCUT2D eigenvalue weighted by Crippen LogP contribution is 2.22.